The molecule has 6 aromatic heterocycles. The number of amides is 1. The normalized spacial score (nSPS) is 13.1. The number of carbonyl (C=O) groups excluding carboxylic acids is 3. The number of aldehydes is 1. The van der Waals surface area contributed by atoms with Gasteiger partial charge in [-0.1, -0.05) is 91.7 Å². The number of aryl methyl sites for hydroxylation is 4. The van der Waals surface area contributed by atoms with Gasteiger partial charge in [0, 0.05) is 83.0 Å². The molecular weight excluding hydrogens is 1300 g/mol. The van der Waals surface area contributed by atoms with Crippen LogP contribution in [0, 0.1) is 27.7 Å². The zero-order valence-corrected chi connectivity index (χ0v) is 55.8. The van der Waals surface area contributed by atoms with Crippen LogP contribution in [-0.4, -0.2) is 128 Å². The fourth-order valence-corrected chi connectivity index (χ4v) is 9.84. The summed E-state index contributed by atoms with van der Waals surface area (Å²) >= 11 is 3.33. The summed E-state index contributed by atoms with van der Waals surface area (Å²) < 4.78 is 27.9. The largest absolute Gasteiger partial charge is 0.506 e. The van der Waals surface area contributed by atoms with E-state index in [0.717, 1.165) is 107 Å². The number of benzene rings is 3. The lowest BCUT2D eigenvalue weighted by Gasteiger charge is -2.20. The molecule has 8 N–H and O–H groups in total. The molecule has 23 heteroatoms. The second kappa shape index (κ2) is 39.4. The molecule has 0 fully saturated rings. The minimum absolute atomic E-state index is 0. The van der Waals surface area contributed by atoms with Gasteiger partial charge in [0.15, 0.2) is 6.29 Å². The van der Waals surface area contributed by atoms with Crippen molar-refractivity contribution in [2.24, 2.45) is 9.98 Å². The summed E-state index contributed by atoms with van der Waals surface area (Å²) in [5, 5.41) is 27.2. The van der Waals surface area contributed by atoms with Crippen molar-refractivity contribution in [2.45, 2.75) is 105 Å². The Hall–Kier alpha value is -9.48. The third kappa shape index (κ3) is 22.9. The second-order valence-electron chi connectivity index (χ2n) is 21.7. The molecule has 9 aromatic rings. The molecule has 3 aromatic carbocycles. The van der Waals surface area contributed by atoms with Gasteiger partial charge in [-0.05, 0) is 149 Å². The molecule has 3 aliphatic rings. The zero-order chi connectivity index (χ0) is 65.2. The van der Waals surface area contributed by atoms with Gasteiger partial charge >= 0.3 is 13.2 Å². The predicted molar refractivity (Wildman–Crippen MR) is 401 cm³/mol. The topological polar surface area (TPSA) is 262 Å². The van der Waals surface area contributed by atoms with Crippen LogP contribution in [0.2, 0.25) is 0 Å². The van der Waals surface area contributed by atoms with Crippen LogP contribution in [0.1, 0.15) is 110 Å². The Morgan fingerprint density at radius 1 is 0.719 bits per heavy atom. The van der Waals surface area contributed by atoms with E-state index >= 15 is 0 Å². The zero-order valence-electron chi connectivity index (χ0n) is 53.4. The number of allylic oxidation sites excluding steroid dienone is 1. The van der Waals surface area contributed by atoms with Crippen LogP contribution in [0.25, 0.3) is 51.0 Å². The predicted octanol–water partition coefficient (Wildman–Crippen LogP) is 12.5. The number of nitrogens with zero attached hydrogens (tertiary/aromatic N) is 4. The number of hydrogen-bond donors (Lipinski definition) is 8. The Morgan fingerprint density at radius 2 is 1.36 bits per heavy atom. The van der Waals surface area contributed by atoms with Crippen LogP contribution < -0.4 is 41.7 Å². The second-order valence-corrected chi connectivity index (χ2v) is 22.5. The Kier molecular flexibility index (Phi) is 34.7. The van der Waals surface area contributed by atoms with Crippen molar-refractivity contribution in [3.63, 3.8) is 0 Å². The van der Waals surface area contributed by atoms with Crippen molar-refractivity contribution in [2.75, 3.05) is 48.1 Å². The number of aliphatic imine (C=N–C) groups is 1. The van der Waals surface area contributed by atoms with Crippen molar-refractivity contribution in [1.29, 1.82) is 0 Å². The summed E-state index contributed by atoms with van der Waals surface area (Å²) in [5.41, 5.74) is 11.1. The highest BCUT2D eigenvalue weighted by Crippen LogP contribution is 2.29. The van der Waals surface area contributed by atoms with E-state index in [1.165, 1.54) is 27.5 Å². The quantitative estimate of drug-likeness (QED) is 0.0446. The van der Waals surface area contributed by atoms with Crippen LogP contribution in [-0.2, 0) is 19.0 Å². The molecule has 3 aliphatic heterocycles. The number of halogens is 2. The van der Waals surface area contributed by atoms with Gasteiger partial charge in [-0.15, -0.1) is 12.4 Å². The van der Waals surface area contributed by atoms with Gasteiger partial charge in [0.2, 0.25) is 5.91 Å². The number of H-pyrrole nitrogens is 5. The molecule has 1 amide bonds. The summed E-state index contributed by atoms with van der Waals surface area (Å²) in [6, 6.07) is 34.9. The molecule has 0 radical (unpaired) electrons. The maximum Gasteiger partial charge on any atom is 0.506 e. The number of aromatic amines is 5. The molecule has 0 atom stereocenters. The maximum absolute atomic E-state index is 12.2. The molecule has 518 valence electrons. The van der Waals surface area contributed by atoms with E-state index in [2.05, 4.69) is 121 Å². The number of carbonyl (C=O) groups is 3. The Bertz CT molecular complexity index is 4300. The maximum atomic E-state index is 12.2. The van der Waals surface area contributed by atoms with Gasteiger partial charge in [0.1, 0.15) is 44.6 Å². The van der Waals surface area contributed by atoms with Crippen LogP contribution in [0.15, 0.2) is 161 Å². The van der Waals surface area contributed by atoms with E-state index in [0.29, 0.717) is 29.3 Å². The molecule has 96 heavy (non-hydrogen) atoms. The first-order valence-corrected chi connectivity index (χ1v) is 29.8. The smallest absolute Gasteiger partial charge is 0.499 e. The SMILES string of the molecule is C.C.C.C.C.CC(C)(C)OC(=O)n1c(B(O)O)cc2ccccc21.CCN(/C=C1/N=C(Br)C=C1OC)CC.COC1=CC(=O)NC1.COc1cc(-c2cc3ccccc3[nH]2)[nH]c1C=O.COc1cc(=C2C=c3ccccc3=N2)[nH]/c1=C/c1[nH]c(C)cc1C.Cc1c[nH]c(C)c1.Cl. The van der Waals surface area contributed by atoms with Crippen LogP contribution >= 0.6 is 28.3 Å². The standard InChI is InChI=1S/C20H19N3O.C14H12N2O2.C13H16BNO4.C10H15BrN2O.C6H9N.C5H7NO2.5CH4.ClH/c1-12-8-13(2)21-16(12)10-19-20(24-3)11-18(23-19)17-9-14-6-4-5-7-15(14)22-17;1-18-14-7-12(16-13(14)8-17)11-6-9-4-2-3-5-10(9)15-11;1-13(2,3)19-12(16)15-10-7-5-4-6-9(10)8-11(15)14(17)18;1-4-13(5-2)7-8-9(14-3)6-10(11)12-8;1-5-3-6(2)7-4-5;1-8-4-2-5(7)6-3-4;;;;;;/h4-11,21,23H,1-3H3;2-8,15-16H,1H3;4-8,17-18H,1-3H3;6-7H,4-5H2,1-3H3;3-4,7H,1-2H3;2H,3H2,1H3,(H,6,7);5*1H4;1H/b18-17?,19-10+;;;8-7+;;;;;;;;. The number of ether oxygens (including phenoxy) is 5. The Balaban J connectivity index is 0.000000591. The first-order chi connectivity index (χ1) is 43.1. The van der Waals surface area contributed by atoms with E-state index in [9.17, 15) is 24.4 Å². The number of methoxy groups -OCH3 is 4. The Morgan fingerprint density at radius 3 is 1.88 bits per heavy atom. The van der Waals surface area contributed by atoms with Crippen molar-refractivity contribution < 1.29 is 48.1 Å². The van der Waals surface area contributed by atoms with Gasteiger partial charge in [0.25, 0.3) is 0 Å². The lowest BCUT2D eigenvalue weighted by atomic mass is 9.86. The molecule has 0 unspecified atom stereocenters. The Labute approximate surface area is 580 Å². The minimum atomic E-state index is -1.74. The van der Waals surface area contributed by atoms with E-state index < -0.39 is 18.8 Å². The van der Waals surface area contributed by atoms with Crippen LogP contribution in [0.4, 0.5) is 4.79 Å². The number of para-hydroxylation sites is 3. The highest BCUT2D eigenvalue weighted by molar-refractivity contribution is 9.18. The highest BCUT2D eigenvalue weighted by Gasteiger charge is 2.27. The van der Waals surface area contributed by atoms with E-state index in [4.69, 9.17) is 28.7 Å². The van der Waals surface area contributed by atoms with Crippen molar-refractivity contribution in [3.8, 4) is 22.9 Å². The van der Waals surface area contributed by atoms with E-state index in [-0.39, 0.29) is 61.0 Å². The van der Waals surface area contributed by atoms with Crippen molar-refractivity contribution in [1.82, 2.24) is 39.7 Å². The van der Waals surface area contributed by atoms with E-state index in [1.54, 1.807) is 73.5 Å². The lowest BCUT2D eigenvalue weighted by Crippen LogP contribution is -2.40. The molecule has 9 heterocycles. The van der Waals surface area contributed by atoms with Crippen LogP contribution in [0.5, 0.6) is 11.5 Å². The number of rotatable bonds is 11. The summed E-state index contributed by atoms with van der Waals surface area (Å²) in [5.74, 6) is 2.81. The van der Waals surface area contributed by atoms with Gasteiger partial charge in [-0.3, -0.25) is 14.2 Å². The molecule has 0 saturated carbocycles. The van der Waals surface area contributed by atoms with Gasteiger partial charge in [-0.2, -0.15) is 0 Å². The number of aromatic nitrogens is 6. The highest BCUT2D eigenvalue weighted by atomic mass is 79.9. The molecule has 0 saturated heterocycles. The average Bonchev–Trinajstić information content (AvgIpc) is 1.64. The van der Waals surface area contributed by atoms with Crippen LogP contribution in [0.3, 0.4) is 0 Å². The summed E-state index contributed by atoms with van der Waals surface area (Å²) in [6.07, 6.45) is 11.6. The van der Waals surface area contributed by atoms with Gasteiger partial charge < -0.3 is 68.9 Å². The molecule has 0 spiro atoms. The molecule has 12 rings (SSSR count). The first-order valence-electron chi connectivity index (χ1n) is 29.0. The molecule has 0 bridgehead atoms. The van der Waals surface area contributed by atoms with Crippen molar-refractivity contribution >= 4 is 104 Å². The minimum Gasteiger partial charge on any atom is -0.499 e. The third-order valence-electron chi connectivity index (χ3n) is 13.8. The summed E-state index contributed by atoms with van der Waals surface area (Å²) in [6.45, 7) is 20.3. The molecule has 0 aliphatic carbocycles. The lowest BCUT2D eigenvalue weighted by molar-refractivity contribution is -0.115. The summed E-state index contributed by atoms with van der Waals surface area (Å²) in [4.78, 5) is 60.8. The molecule has 20 nitrogen and oxygen atoms in total. The number of hydrogen-bond acceptors (Lipinski definition) is 13. The fraction of sp³-hybridized carbons (Fsp3) is 0.301. The fourth-order valence-electron chi connectivity index (χ4n) is 9.44. The average molecular weight is 1400 g/mol. The molecular formula is C73H99BBrClN10O10. The first kappa shape index (κ1) is 84.5. The number of nitrogens with one attached hydrogen (secondary N) is 6. The third-order valence-corrected chi connectivity index (χ3v) is 14.2. The summed E-state index contributed by atoms with van der Waals surface area (Å²) in [7, 11) is 4.70. The monoisotopic (exact) mass is 1400 g/mol. The van der Waals surface area contributed by atoms with Crippen molar-refractivity contribution in [3.05, 3.63) is 206 Å². The van der Waals surface area contributed by atoms with E-state index in [1.807, 2.05) is 92.1 Å². The van der Waals surface area contributed by atoms with Gasteiger partial charge in [-0.25, -0.2) is 14.8 Å². The van der Waals surface area contributed by atoms with Gasteiger partial charge in [0.05, 0.1) is 79.2 Å². The number of fused-ring (bicyclic) bond motifs is 3.